The summed E-state index contributed by atoms with van der Waals surface area (Å²) in [5, 5.41) is 15.1. The molecule has 2 N–H and O–H groups in total. The minimum Gasteiger partial charge on any atom is -0.493 e. The van der Waals surface area contributed by atoms with Crippen molar-refractivity contribution in [2.24, 2.45) is 0 Å². The van der Waals surface area contributed by atoms with Crippen molar-refractivity contribution in [2.45, 2.75) is 49.2 Å². The fourth-order valence-corrected chi connectivity index (χ4v) is 5.14. The van der Waals surface area contributed by atoms with Gasteiger partial charge in [-0.15, -0.1) is 0 Å². The Kier molecular flexibility index (Phi) is 3.22. The molecule has 0 radical (unpaired) electrons. The Labute approximate surface area is 136 Å². The van der Waals surface area contributed by atoms with E-state index in [9.17, 15) is 9.90 Å². The number of ether oxygens (including phenoxy) is 2. The second-order valence-electron chi connectivity index (χ2n) is 7.02. The van der Waals surface area contributed by atoms with Gasteiger partial charge < -0.3 is 19.9 Å². The molecule has 4 rings (SSSR count). The molecule has 23 heavy (non-hydrogen) atoms. The first-order chi connectivity index (χ1) is 11.1. The number of Topliss-reactive ketones (excluding diaryl/α,β-unsaturated/α-hetero) is 1. The van der Waals surface area contributed by atoms with Gasteiger partial charge >= 0.3 is 0 Å². The first-order valence-electron chi connectivity index (χ1n) is 8.27. The van der Waals surface area contributed by atoms with Gasteiger partial charge in [-0.3, -0.25) is 4.79 Å². The third kappa shape index (κ3) is 1.78. The van der Waals surface area contributed by atoms with Crippen molar-refractivity contribution < 1.29 is 19.4 Å². The van der Waals surface area contributed by atoms with Crippen LogP contribution in [0.5, 0.6) is 11.5 Å². The molecule has 1 saturated carbocycles. The number of piperidine rings is 1. The number of hydrogen-bond donors (Lipinski definition) is 2. The van der Waals surface area contributed by atoms with Gasteiger partial charge in [-0.2, -0.15) is 0 Å². The first-order valence-corrected chi connectivity index (χ1v) is 8.27. The fraction of sp³-hybridized carbons (Fsp3) is 0.611. The van der Waals surface area contributed by atoms with E-state index in [1.807, 2.05) is 6.07 Å². The van der Waals surface area contributed by atoms with Crippen LogP contribution in [0.2, 0.25) is 0 Å². The van der Waals surface area contributed by atoms with E-state index in [1.54, 1.807) is 14.2 Å². The Hall–Kier alpha value is -1.59. The Balaban J connectivity index is 2.02. The van der Waals surface area contributed by atoms with Crippen LogP contribution in [0.4, 0.5) is 0 Å². The van der Waals surface area contributed by atoms with Crippen LogP contribution in [-0.2, 0) is 16.6 Å². The van der Waals surface area contributed by atoms with Crippen molar-refractivity contribution in [1.82, 2.24) is 5.32 Å². The molecule has 0 amide bonds. The minimum atomic E-state index is -0.897. The lowest BCUT2D eigenvalue weighted by Gasteiger charge is -2.60. The number of rotatable bonds is 2. The van der Waals surface area contributed by atoms with E-state index < -0.39 is 11.0 Å². The maximum absolute atomic E-state index is 12.3. The summed E-state index contributed by atoms with van der Waals surface area (Å²) in [7, 11) is 3.25. The summed E-state index contributed by atoms with van der Waals surface area (Å²) in [6.07, 6.45) is 2.85. The molecule has 0 aromatic heterocycles. The molecule has 5 nitrogen and oxygen atoms in total. The van der Waals surface area contributed by atoms with Crippen molar-refractivity contribution in [1.29, 1.82) is 0 Å². The number of ketones is 1. The monoisotopic (exact) mass is 317 g/mol. The van der Waals surface area contributed by atoms with E-state index in [4.69, 9.17) is 9.47 Å². The normalized spacial score (nSPS) is 35.3. The van der Waals surface area contributed by atoms with Crippen LogP contribution >= 0.6 is 0 Å². The van der Waals surface area contributed by atoms with Gasteiger partial charge in [-0.1, -0.05) is 6.07 Å². The predicted octanol–water partition coefficient (Wildman–Crippen LogP) is 1.34. The first kappa shape index (κ1) is 15.0. The van der Waals surface area contributed by atoms with Crippen LogP contribution in [-0.4, -0.2) is 43.3 Å². The highest BCUT2D eigenvalue weighted by atomic mass is 16.5. The van der Waals surface area contributed by atoms with Crippen LogP contribution in [0.15, 0.2) is 12.1 Å². The van der Waals surface area contributed by atoms with Crippen molar-refractivity contribution >= 4 is 5.78 Å². The zero-order valence-electron chi connectivity index (χ0n) is 13.6. The highest BCUT2D eigenvalue weighted by Gasteiger charge is 2.64. The van der Waals surface area contributed by atoms with E-state index >= 15 is 0 Å². The second kappa shape index (κ2) is 4.95. The van der Waals surface area contributed by atoms with Crippen molar-refractivity contribution in [3.05, 3.63) is 23.3 Å². The number of hydrogen-bond acceptors (Lipinski definition) is 5. The topological polar surface area (TPSA) is 67.8 Å². The number of aliphatic hydroxyl groups is 1. The number of nitrogens with one attached hydrogen (secondary N) is 1. The molecule has 2 fully saturated rings. The number of methoxy groups -OCH3 is 2. The largest absolute Gasteiger partial charge is 0.493 e. The molecule has 3 aliphatic rings. The zero-order valence-corrected chi connectivity index (χ0v) is 13.6. The predicted molar refractivity (Wildman–Crippen MR) is 85.1 cm³/mol. The Morgan fingerprint density at radius 1 is 1.26 bits per heavy atom. The van der Waals surface area contributed by atoms with Crippen molar-refractivity contribution in [3.8, 4) is 11.5 Å². The van der Waals surface area contributed by atoms with E-state index in [-0.39, 0.29) is 11.8 Å². The summed E-state index contributed by atoms with van der Waals surface area (Å²) in [5.74, 6) is 1.57. The Bertz CT molecular complexity index is 673. The molecule has 2 bridgehead atoms. The summed E-state index contributed by atoms with van der Waals surface area (Å²) in [6, 6.07) is 3.96. The molecule has 5 heteroatoms. The lowest BCUT2D eigenvalue weighted by atomic mass is 9.49. The van der Waals surface area contributed by atoms with Gasteiger partial charge in [-0.05, 0) is 37.4 Å². The van der Waals surface area contributed by atoms with E-state index in [0.717, 1.165) is 30.5 Å². The van der Waals surface area contributed by atoms with E-state index in [0.29, 0.717) is 30.8 Å². The molecule has 1 aromatic rings. The molecular weight excluding hydrogens is 294 g/mol. The summed E-state index contributed by atoms with van der Waals surface area (Å²) >= 11 is 0. The average molecular weight is 317 g/mol. The van der Waals surface area contributed by atoms with Crippen LogP contribution in [0.1, 0.15) is 36.8 Å². The second-order valence-corrected chi connectivity index (χ2v) is 7.02. The Morgan fingerprint density at radius 3 is 2.83 bits per heavy atom. The highest BCUT2D eigenvalue weighted by Crippen LogP contribution is 2.59. The van der Waals surface area contributed by atoms with E-state index in [2.05, 4.69) is 11.4 Å². The molecule has 0 spiro atoms. The lowest BCUT2D eigenvalue weighted by Crippen LogP contribution is -2.72. The highest BCUT2D eigenvalue weighted by molar-refractivity contribution is 5.83. The molecule has 3 atom stereocenters. The van der Waals surface area contributed by atoms with Crippen molar-refractivity contribution in [2.75, 3.05) is 20.8 Å². The van der Waals surface area contributed by atoms with Crippen LogP contribution in [0.25, 0.3) is 0 Å². The van der Waals surface area contributed by atoms with Crippen LogP contribution in [0.3, 0.4) is 0 Å². The van der Waals surface area contributed by atoms with Gasteiger partial charge in [0.2, 0.25) is 0 Å². The van der Waals surface area contributed by atoms with Gasteiger partial charge in [0.25, 0.3) is 0 Å². The van der Waals surface area contributed by atoms with Gasteiger partial charge in [0, 0.05) is 29.9 Å². The van der Waals surface area contributed by atoms with Crippen LogP contribution in [0, 0.1) is 0 Å². The van der Waals surface area contributed by atoms with Gasteiger partial charge in [0.1, 0.15) is 5.78 Å². The SMILES string of the molecule is COc1ccc2c(c1OC)[C@]13CCNC(C2)[C@]1(O)CCC(=O)C3. The molecule has 1 aromatic carbocycles. The summed E-state index contributed by atoms with van der Waals surface area (Å²) in [5.41, 5.74) is 0.684. The molecule has 1 saturated heterocycles. The van der Waals surface area contributed by atoms with Gasteiger partial charge in [0.05, 0.1) is 19.8 Å². The molecule has 1 heterocycles. The molecular formula is C18H23NO4. The van der Waals surface area contributed by atoms with Crippen LogP contribution < -0.4 is 14.8 Å². The lowest BCUT2D eigenvalue weighted by molar-refractivity contribution is -0.149. The molecule has 1 unspecified atom stereocenters. The molecule has 124 valence electrons. The zero-order chi connectivity index (χ0) is 16.2. The number of carbonyl (C=O) groups is 1. The van der Waals surface area contributed by atoms with Gasteiger partial charge in [0.15, 0.2) is 11.5 Å². The summed E-state index contributed by atoms with van der Waals surface area (Å²) in [4.78, 5) is 12.3. The van der Waals surface area contributed by atoms with Crippen molar-refractivity contribution in [3.63, 3.8) is 0 Å². The Morgan fingerprint density at radius 2 is 2.09 bits per heavy atom. The third-order valence-electron chi connectivity index (χ3n) is 6.17. The fourth-order valence-electron chi connectivity index (χ4n) is 5.14. The minimum absolute atomic E-state index is 0.00467. The third-order valence-corrected chi connectivity index (χ3v) is 6.17. The average Bonchev–Trinajstić information content (AvgIpc) is 2.54. The maximum atomic E-state index is 12.3. The molecule has 1 aliphatic heterocycles. The summed E-state index contributed by atoms with van der Waals surface area (Å²) in [6.45, 7) is 0.806. The quantitative estimate of drug-likeness (QED) is 0.862. The van der Waals surface area contributed by atoms with Gasteiger partial charge in [-0.25, -0.2) is 0 Å². The number of benzene rings is 1. The number of carbonyl (C=O) groups excluding carboxylic acids is 1. The maximum Gasteiger partial charge on any atom is 0.164 e. The molecule has 2 aliphatic carbocycles. The van der Waals surface area contributed by atoms with E-state index in [1.165, 1.54) is 0 Å². The standard InChI is InChI=1S/C18H23NO4/c1-22-13-4-3-11-9-14-18(21)6-5-12(20)10-17(18,7-8-19-14)15(11)16(13)23-2/h3-4,14,19,21H,5-10H2,1-2H3/t14?,17-,18-/m1/s1. The number of fused-ring (bicyclic) bond motifs is 1. The summed E-state index contributed by atoms with van der Waals surface area (Å²) < 4.78 is 11.2. The smallest absolute Gasteiger partial charge is 0.164 e.